The predicted octanol–water partition coefficient (Wildman–Crippen LogP) is 4.20. The second-order valence-electron chi connectivity index (χ2n) is 4.30. The highest BCUT2D eigenvalue weighted by Crippen LogP contribution is 2.38. The van der Waals surface area contributed by atoms with Crippen molar-refractivity contribution in [3.8, 4) is 11.4 Å². The van der Waals surface area contributed by atoms with Crippen molar-refractivity contribution in [2.24, 2.45) is 0 Å². The molecule has 0 bridgehead atoms. The molecule has 0 aliphatic rings. The second-order valence-corrected chi connectivity index (χ2v) is 4.70. The zero-order valence-corrected chi connectivity index (χ0v) is 11.0. The van der Waals surface area contributed by atoms with Crippen LogP contribution in [-0.4, -0.2) is 14.8 Å². The molecule has 0 aliphatic heterocycles. The molecule has 0 aromatic carbocycles. The van der Waals surface area contributed by atoms with Crippen molar-refractivity contribution in [3.63, 3.8) is 0 Å². The number of nitrogens with zero attached hydrogens (tertiary/aromatic N) is 3. The van der Waals surface area contributed by atoms with E-state index in [1.165, 1.54) is 16.9 Å². The van der Waals surface area contributed by atoms with Crippen LogP contribution in [0, 0.1) is 0 Å². The SMILES string of the molecule is CC(C)n1cc(C(F)(F)F)c(-c2ncccc2Cl)n1. The number of hydrogen-bond donors (Lipinski definition) is 0. The lowest BCUT2D eigenvalue weighted by Gasteiger charge is -2.06. The maximum absolute atomic E-state index is 13.0. The Labute approximate surface area is 113 Å². The fraction of sp³-hybridized carbons (Fsp3) is 0.333. The van der Waals surface area contributed by atoms with Gasteiger partial charge in [0.05, 0.1) is 5.02 Å². The van der Waals surface area contributed by atoms with E-state index < -0.39 is 11.7 Å². The average Bonchev–Trinajstić information content (AvgIpc) is 2.74. The third-order valence-corrected chi connectivity index (χ3v) is 2.85. The molecule has 102 valence electrons. The summed E-state index contributed by atoms with van der Waals surface area (Å²) in [6.07, 6.45) is -2.13. The first-order valence-corrected chi connectivity index (χ1v) is 5.95. The number of pyridine rings is 1. The lowest BCUT2D eigenvalue weighted by Crippen LogP contribution is -2.06. The molecule has 0 fully saturated rings. The van der Waals surface area contributed by atoms with Crippen LogP contribution < -0.4 is 0 Å². The van der Waals surface area contributed by atoms with Gasteiger partial charge in [0.15, 0.2) is 0 Å². The van der Waals surface area contributed by atoms with Gasteiger partial charge in [-0.2, -0.15) is 18.3 Å². The zero-order valence-electron chi connectivity index (χ0n) is 10.2. The van der Waals surface area contributed by atoms with E-state index in [2.05, 4.69) is 10.1 Å². The third kappa shape index (κ3) is 2.73. The number of halogens is 4. The molecule has 0 atom stereocenters. The molecule has 0 radical (unpaired) electrons. The molecular formula is C12H11ClF3N3. The Balaban J connectivity index is 2.65. The van der Waals surface area contributed by atoms with Crippen molar-refractivity contribution >= 4 is 11.6 Å². The first-order valence-electron chi connectivity index (χ1n) is 5.58. The molecule has 0 unspecified atom stereocenters. The van der Waals surface area contributed by atoms with Gasteiger partial charge in [-0.1, -0.05) is 11.6 Å². The first kappa shape index (κ1) is 13.9. The van der Waals surface area contributed by atoms with Gasteiger partial charge in [0.2, 0.25) is 0 Å². The van der Waals surface area contributed by atoms with Gasteiger partial charge in [-0.3, -0.25) is 9.67 Å². The van der Waals surface area contributed by atoms with Crippen molar-refractivity contribution in [1.29, 1.82) is 0 Å². The number of rotatable bonds is 2. The lowest BCUT2D eigenvalue weighted by molar-refractivity contribution is -0.137. The van der Waals surface area contributed by atoms with E-state index in [1.54, 1.807) is 19.9 Å². The Hall–Kier alpha value is -1.56. The smallest absolute Gasteiger partial charge is 0.269 e. The van der Waals surface area contributed by atoms with Gasteiger partial charge in [-0.15, -0.1) is 0 Å². The normalized spacial score (nSPS) is 12.2. The van der Waals surface area contributed by atoms with Crippen LogP contribution in [0.3, 0.4) is 0 Å². The van der Waals surface area contributed by atoms with Gasteiger partial charge >= 0.3 is 6.18 Å². The van der Waals surface area contributed by atoms with Gasteiger partial charge in [-0.25, -0.2) is 0 Å². The Morgan fingerprint density at radius 1 is 1.26 bits per heavy atom. The maximum atomic E-state index is 13.0. The number of aromatic nitrogens is 3. The van der Waals surface area contributed by atoms with Gasteiger partial charge < -0.3 is 0 Å². The van der Waals surface area contributed by atoms with Gasteiger partial charge in [-0.05, 0) is 26.0 Å². The molecule has 2 rings (SSSR count). The highest BCUT2D eigenvalue weighted by molar-refractivity contribution is 6.32. The first-order chi connectivity index (χ1) is 8.80. The average molecular weight is 290 g/mol. The summed E-state index contributed by atoms with van der Waals surface area (Å²) >= 11 is 5.89. The molecule has 0 spiro atoms. The van der Waals surface area contributed by atoms with Crippen molar-refractivity contribution < 1.29 is 13.2 Å². The Morgan fingerprint density at radius 2 is 1.95 bits per heavy atom. The fourth-order valence-corrected chi connectivity index (χ4v) is 1.81. The number of alkyl halides is 3. The van der Waals surface area contributed by atoms with E-state index in [-0.39, 0.29) is 22.5 Å². The largest absolute Gasteiger partial charge is 0.420 e. The van der Waals surface area contributed by atoms with Gasteiger partial charge in [0.25, 0.3) is 0 Å². The molecule has 2 aromatic rings. The summed E-state index contributed by atoms with van der Waals surface area (Å²) < 4.78 is 40.3. The van der Waals surface area contributed by atoms with E-state index >= 15 is 0 Å². The van der Waals surface area contributed by atoms with Gasteiger partial charge in [0.1, 0.15) is 17.0 Å². The molecule has 2 aromatic heterocycles. The molecule has 3 nitrogen and oxygen atoms in total. The van der Waals surface area contributed by atoms with Crippen LogP contribution in [-0.2, 0) is 6.18 Å². The van der Waals surface area contributed by atoms with Crippen LogP contribution in [0.2, 0.25) is 5.02 Å². The predicted molar refractivity (Wildman–Crippen MR) is 65.9 cm³/mol. The van der Waals surface area contributed by atoms with E-state index in [9.17, 15) is 13.2 Å². The van der Waals surface area contributed by atoms with Crippen molar-refractivity contribution in [2.45, 2.75) is 26.1 Å². The van der Waals surface area contributed by atoms with Crippen molar-refractivity contribution in [3.05, 3.63) is 35.1 Å². The topological polar surface area (TPSA) is 30.7 Å². The summed E-state index contributed by atoms with van der Waals surface area (Å²) in [6.45, 7) is 3.49. The van der Waals surface area contributed by atoms with Crippen LogP contribution in [0.25, 0.3) is 11.4 Å². The van der Waals surface area contributed by atoms with Gasteiger partial charge in [0, 0.05) is 18.4 Å². The van der Waals surface area contributed by atoms with Crippen molar-refractivity contribution in [2.75, 3.05) is 0 Å². The molecular weight excluding hydrogens is 279 g/mol. The molecule has 0 saturated heterocycles. The standard InChI is InChI=1S/C12H11ClF3N3/c1-7(2)19-6-8(12(14,15)16)10(18-19)11-9(13)4-3-5-17-11/h3-7H,1-2H3. The summed E-state index contributed by atoms with van der Waals surface area (Å²) in [6, 6.07) is 2.86. The summed E-state index contributed by atoms with van der Waals surface area (Å²) in [5.74, 6) is 0. The lowest BCUT2D eigenvalue weighted by atomic mass is 10.2. The van der Waals surface area contributed by atoms with E-state index in [4.69, 9.17) is 11.6 Å². The molecule has 0 aliphatic carbocycles. The minimum atomic E-state index is -4.50. The minimum Gasteiger partial charge on any atom is -0.269 e. The van der Waals surface area contributed by atoms with Crippen LogP contribution in [0.5, 0.6) is 0 Å². The Bertz CT molecular complexity index is 590. The van der Waals surface area contributed by atoms with E-state index in [0.717, 1.165) is 6.20 Å². The highest BCUT2D eigenvalue weighted by Gasteiger charge is 2.37. The van der Waals surface area contributed by atoms with E-state index in [0.29, 0.717) is 0 Å². The fourth-order valence-electron chi connectivity index (χ4n) is 1.60. The Morgan fingerprint density at radius 3 is 2.47 bits per heavy atom. The summed E-state index contributed by atoms with van der Waals surface area (Å²) in [5, 5.41) is 4.10. The molecule has 0 N–H and O–H groups in total. The van der Waals surface area contributed by atoms with Crippen LogP contribution in [0.4, 0.5) is 13.2 Å². The summed E-state index contributed by atoms with van der Waals surface area (Å²) in [7, 11) is 0. The van der Waals surface area contributed by atoms with Crippen molar-refractivity contribution in [1.82, 2.24) is 14.8 Å². The number of hydrogen-bond acceptors (Lipinski definition) is 2. The zero-order chi connectivity index (χ0) is 14.2. The quantitative estimate of drug-likeness (QED) is 0.829. The molecule has 19 heavy (non-hydrogen) atoms. The van der Waals surface area contributed by atoms with E-state index in [1.807, 2.05) is 0 Å². The highest BCUT2D eigenvalue weighted by atomic mass is 35.5. The molecule has 7 heteroatoms. The van der Waals surface area contributed by atoms with Crippen LogP contribution in [0.1, 0.15) is 25.5 Å². The molecule has 0 amide bonds. The summed E-state index contributed by atoms with van der Waals surface area (Å²) in [4.78, 5) is 3.89. The third-order valence-electron chi connectivity index (χ3n) is 2.55. The Kier molecular flexibility index (Phi) is 3.54. The van der Waals surface area contributed by atoms with Crippen LogP contribution >= 0.6 is 11.6 Å². The maximum Gasteiger partial charge on any atom is 0.420 e. The van der Waals surface area contributed by atoms with Crippen LogP contribution in [0.15, 0.2) is 24.5 Å². The molecule has 2 heterocycles. The molecule has 0 saturated carbocycles. The summed E-state index contributed by atoms with van der Waals surface area (Å²) in [5.41, 5.74) is -1.04. The monoisotopic (exact) mass is 289 g/mol. The second kappa shape index (κ2) is 4.85. The minimum absolute atomic E-state index is 0.0379.